The molecule has 0 spiro atoms. The smallest absolute Gasteiger partial charge is 0.373 e. The molecule has 1 rings (SSSR count). The van der Waals surface area contributed by atoms with E-state index in [9.17, 15) is 21.6 Å². The van der Waals surface area contributed by atoms with Gasteiger partial charge in [0.15, 0.2) is 0 Å². The topological polar surface area (TPSA) is 61.8 Å². The summed E-state index contributed by atoms with van der Waals surface area (Å²) in [5.41, 5.74) is -5.25. The Morgan fingerprint density at radius 1 is 1.00 bits per heavy atom. The van der Waals surface area contributed by atoms with Crippen molar-refractivity contribution < 1.29 is 34.9 Å². The number of alkyl halides is 3. The van der Waals surface area contributed by atoms with Gasteiger partial charge in [-0.05, 0) is 5.56 Å². The van der Waals surface area contributed by atoms with Gasteiger partial charge in [-0.1, -0.05) is 24.3 Å². The van der Waals surface area contributed by atoms with Gasteiger partial charge in [-0.25, -0.2) is 8.42 Å². The van der Waals surface area contributed by atoms with Gasteiger partial charge in [0.1, 0.15) is 0 Å². The second kappa shape index (κ2) is 6.44. The summed E-state index contributed by atoms with van der Waals surface area (Å²) in [6, 6.07) is 5.42. The van der Waals surface area contributed by atoms with Crippen LogP contribution in [0.25, 0.3) is 0 Å². The molecular weight excluding hydrogens is 329 g/mol. The fraction of sp³-hybridized carbons (Fsp3) is 0.455. The second-order valence-electron chi connectivity index (χ2n) is 4.07. The first kappa shape index (κ1) is 18.1. The number of benzene rings is 1. The van der Waals surface area contributed by atoms with E-state index in [-0.39, 0.29) is 5.56 Å². The van der Waals surface area contributed by atoms with Gasteiger partial charge in [-0.15, -0.1) is 0 Å². The summed E-state index contributed by atoms with van der Waals surface area (Å²) < 4.78 is 74.7. The Hall–Kier alpha value is -0.943. The maximum absolute atomic E-state index is 12.3. The number of sulfone groups is 1. The lowest BCUT2D eigenvalue weighted by molar-refractivity contribution is -0.0437. The Balaban J connectivity index is 3.04. The third-order valence-electron chi connectivity index (χ3n) is 2.82. The molecule has 0 saturated heterocycles. The van der Waals surface area contributed by atoms with Crippen LogP contribution in [-0.2, 0) is 28.9 Å². The highest BCUT2D eigenvalue weighted by Crippen LogP contribution is 2.26. The predicted molar refractivity (Wildman–Crippen MR) is 71.5 cm³/mol. The van der Waals surface area contributed by atoms with Crippen LogP contribution in [0.4, 0.5) is 13.2 Å². The molecule has 10 heteroatoms. The zero-order valence-corrected chi connectivity index (χ0v) is 13.4. The molecule has 0 amide bonds. The summed E-state index contributed by atoms with van der Waals surface area (Å²) in [6.07, 6.45) is 0. The molecule has 0 unspecified atom stereocenters. The Bertz CT molecular complexity index is 558. The maximum Gasteiger partial charge on any atom is 0.536 e. The van der Waals surface area contributed by atoms with E-state index in [1.807, 2.05) is 0 Å². The zero-order chi connectivity index (χ0) is 16.3. The molecule has 0 aliphatic rings. The van der Waals surface area contributed by atoms with Crippen molar-refractivity contribution in [3.05, 3.63) is 29.8 Å². The van der Waals surface area contributed by atoms with Gasteiger partial charge >= 0.3 is 14.3 Å². The summed E-state index contributed by atoms with van der Waals surface area (Å²) in [5.74, 6) is -1.11. The molecule has 0 aliphatic heterocycles. The minimum Gasteiger partial charge on any atom is -0.373 e. The summed E-state index contributed by atoms with van der Waals surface area (Å²) in [7, 11) is -4.11. The summed E-state index contributed by atoms with van der Waals surface area (Å²) in [4.78, 5) is 0. The van der Waals surface area contributed by atoms with E-state index in [0.29, 0.717) is 5.19 Å². The average molecular weight is 344 g/mol. The van der Waals surface area contributed by atoms with E-state index < -0.39 is 29.9 Å². The number of hydrogen-bond donors (Lipinski definition) is 0. The molecule has 0 saturated carbocycles. The predicted octanol–water partition coefficient (Wildman–Crippen LogP) is 1.21. The van der Waals surface area contributed by atoms with Crippen molar-refractivity contribution in [3.63, 3.8) is 0 Å². The monoisotopic (exact) mass is 344 g/mol. The van der Waals surface area contributed by atoms with Gasteiger partial charge in [-0.3, -0.25) is 0 Å². The lowest BCUT2D eigenvalue weighted by Crippen LogP contribution is -2.54. The number of halogens is 3. The lowest BCUT2D eigenvalue weighted by Gasteiger charge is -2.24. The first-order chi connectivity index (χ1) is 9.62. The van der Waals surface area contributed by atoms with E-state index in [2.05, 4.69) is 0 Å². The molecule has 21 heavy (non-hydrogen) atoms. The molecular formula is C11H15F3O5SSi. The van der Waals surface area contributed by atoms with Crippen molar-refractivity contribution >= 4 is 23.8 Å². The first-order valence-electron chi connectivity index (χ1n) is 5.66. The van der Waals surface area contributed by atoms with E-state index >= 15 is 0 Å². The Morgan fingerprint density at radius 2 is 1.43 bits per heavy atom. The van der Waals surface area contributed by atoms with Gasteiger partial charge in [0.2, 0.25) is 0 Å². The molecule has 0 fully saturated rings. The van der Waals surface area contributed by atoms with E-state index in [1.54, 1.807) is 0 Å². The Kier molecular flexibility index (Phi) is 5.55. The molecule has 0 atom stereocenters. The molecule has 5 nitrogen and oxygen atoms in total. The van der Waals surface area contributed by atoms with Gasteiger partial charge in [0.25, 0.3) is 9.84 Å². The van der Waals surface area contributed by atoms with Crippen LogP contribution in [0.1, 0.15) is 5.56 Å². The van der Waals surface area contributed by atoms with E-state index in [4.69, 9.17) is 13.3 Å². The Labute approximate surface area is 121 Å². The highest BCUT2D eigenvalue weighted by Gasteiger charge is 2.45. The minimum absolute atomic E-state index is 0.0160. The van der Waals surface area contributed by atoms with Crippen molar-refractivity contribution in [2.45, 2.75) is 11.3 Å². The van der Waals surface area contributed by atoms with Crippen LogP contribution in [0.5, 0.6) is 0 Å². The van der Waals surface area contributed by atoms with Crippen LogP contribution >= 0.6 is 0 Å². The minimum atomic E-state index is -5.27. The summed E-state index contributed by atoms with van der Waals surface area (Å²) in [6.45, 7) is 0. The van der Waals surface area contributed by atoms with Crippen molar-refractivity contribution in [2.75, 3.05) is 21.3 Å². The first-order valence-corrected chi connectivity index (χ1v) is 9.03. The Morgan fingerprint density at radius 3 is 1.76 bits per heavy atom. The van der Waals surface area contributed by atoms with Crippen LogP contribution in [-0.4, -0.2) is 44.1 Å². The van der Waals surface area contributed by atoms with Crippen LogP contribution < -0.4 is 5.19 Å². The quantitative estimate of drug-likeness (QED) is 0.726. The van der Waals surface area contributed by atoms with Crippen LogP contribution in [0.3, 0.4) is 0 Å². The standard InChI is InChI=1S/C11H15F3O5SSi/c1-17-21(18-2,19-3)10-6-4-9(5-7-10)8-20(15,16)11(12,13)14/h4-7H,8H2,1-3H3. The molecule has 1 aromatic rings. The molecule has 120 valence electrons. The fourth-order valence-corrected chi connectivity index (χ4v) is 4.29. The highest BCUT2D eigenvalue weighted by molar-refractivity contribution is 7.91. The van der Waals surface area contributed by atoms with Gasteiger partial charge in [-0.2, -0.15) is 13.2 Å². The summed E-state index contributed by atoms with van der Waals surface area (Å²) in [5, 5.41) is 0.517. The molecule has 0 radical (unpaired) electrons. The van der Waals surface area contributed by atoms with Crippen molar-refractivity contribution in [3.8, 4) is 0 Å². The molecule has 0 N–H and O–H groups in total. The molecule has 0 bridgehead atoms. The molecule has 0 aromatic heterocycles. The van der Waals surface area contributed by atoms with Gasteiger partial charge in [0.05, 0.1) is 5.75 Å². The average Bonchev–Trinajstić information content (AvgIpc) is 2.41. The van der Waals surface area contributed by atoms with Crippen LogP contribution in [0.15, 0.2) is 24.3 Å². The molecule has 1 aromatic carbocycles. The van der Waals surface area contributed by atoms with Crippen molar-refractivity contribution in [1.29, 1.82) is 0 Å². The molecule has 0 heterocycles. The third kappa shape index (κ3) is 3.83. The van der Waals surface area contributed by atoms with Gasteiger partial charge in [0, 0.05) is 26.5 Å². The lowest BCUT2D eigenvalue weighted by atomic mass is 10.2. The SMILES string of the molecule is CO[Si](OC)(OC)c1ccc(CS(=O)(=O)C(F)(F)F)cc1. The van der Waals surface area contributed by atoms with E-state index in [0.717, 1.165) is 0 Å². The summed E-state index contributed by atoms with van der Waals surface area (Å²) >= 11 is 0. The largest absolute Gasteiger partial charge is 0.536 e. The third-order valence-corrected chi connectivity index (χ3v) is 6.89. The van der Waals surface area contributed by atoms with Crippen molar-refractivity contribution in [1.82, 2.24) is 0 Å². The van der Waals surface area contributed by atoms with Crippen molar-refractivity contribution in [2.24, 2.45) is 0 Å². The van der Waals surface area contributed by atoms with E-state index in [1.165, 1.54) is 45.6 Å². The van der Waals surface area contributed by atoms with Crippen LogP contribution in [0.2, 0.25) is 0 Å². The zero-order valence-electron chi connectivity index (χ0n) is 11.6. The highest BCUT2D eigenvalue weighted by atomic mass is 32.2. The fourth-order valence-electron chi connectivity index (χ4n) is 1.71. The maximum atomic E-state index is 12.3. The second-order valence-corrected chi connectivity index (χ2v) is 8.97. The van der Waals surface area contributed by atoms with Gasteiger partial charge < -0.3 is 13.3 Å². The number of rotatable bonds is 6. The van der Waals surface area contributed by atoms with Crippen LogP contribution in [0, 0.1) is 0 Å². The molecule has 0 aliphatic carbocycles. The number of hydrogen-bond acceptors (Lipinski definition) is 5. The normalized spacial score (nSPS) is 13.4.